The van der Waals surface area contributed by atoms with Crippen molar-refractivity contribution in [3.8, 4) is 17.2 Å². The molecule has 0 fully saturated rings. The van der Waals surface area contributed by atoms with Gasteiger partial charge in [0, 0.05) is 32.1 Å². The van der Waals surface area contributed by atoms with Gasteiger partial charge in [-0.05, 0) is 37.1 Å². The third kappa shape index (κ3) is 2.71. The van der Waals surface area contributed by atoms with Crippen LogP contribution in [0.4, 0.5) is 0 Å². The normalized spacial score (nSPS) is 13.1. The number of fused-ring (bicyclic) bond motifs is 4. The number of rotatable bonds is 2. The molecule has 0 unspecified atom stereocenters. The van der Waals surface area contributed by atoms with Crippen molar-refractivity contribution in [3.05, 3.63) is 94.6 Å². The largest absolute Gasteiger partial charge is 0.282 e. The highest BCUT2D eigenvalue weighted by Crippen LogP contribution is 2.36. The zero-order valence-corrected chi connectivity index (χ0v) is 17.8. The Morgan fingerprint density at radius 2 is 1.67 bits per heavy atom. The van der Waals surface area contributed by atoms with Crippen molar-refractivity contribution in [2.75, 3.05) is 0 Å². The molecule has 0 spiro atoms. The molecule has 0 radical (unpaired) electrons. The minimum Gasteiger partial charge on any atom is -0.282 e. The first kappa shape index (κ1) is 17.6. The third-order valence-corrected chi connectivity index (χ3v) is 6.23. The van der Waals surface area contributed by atoms with E-state index in [1.54, 1.807) is 0 Å². The van der Waals surface area contributed by atoms with Crippen LogP contribution in [0.3, 0.4) is 0 Å². The summed E-state index contributed by atoms with van der Waals surface area (Å²) in [5.41, 5.74) is 6.72. The zero-order chi connectivity index (χ0) is 20.1. The number of hydrogen-bond acceptors (Lipinski definition) is 2. The van der Waals surface area contributed by atoms with Crippen molar-refractivity contribution in [3.63, 3.8) is 0 Å². The highest BCUT2D eigenvalue weighted by Gasteiger charge is 2.21. The number of aromatic nitrogens is 3. The van der Waals surface area contributed by atoms with Crippen LogP contribution < -0.4 is 0 Å². The summed E-state index contributed by atoms with van der Waals surface area (Å²) < 4.78 is 3.33. The van der Waals surface area contributed by atoms with E-state index in [4.69, 9.17) is 9.97 Å². The number of allylic oxidation sites excluding steroid dienone is 1. The van der Waals surface area contributed by atoms with Crippen LogP contribution in [0.15, 0.2) is 83.3 Å². The van der Waals surface area contributed by atoms with Gasteiger partial charge in [0.25, 0.3) is 0 Å². The lowest BCUT2D eigenvalue weighted by Crippen LogP contribution is -2.08. The van der Waals surface area contributed by atoms with Gasteiger partial charge in [0.1, 0.15) is 0 Å². The molecule has 0 atom stereocenters. The van der Waals surface area contributed by atoms with Gasteiger partial charge in [-0.25, -0.2) is 9.97 Å². The zero-order valence-electron chi connectivity index (χ0n) is 16.2. The maximum absolute atomic E-state index is 5.11. The molecule has 3 nitrogen and oxygen atoms in total. The van der Waals surface area contributed by atoms with E-state index >= 15 is 0 Å². The van der Waals surface area contributed by atoms with Gasteiger partial charge in [-0.2, -0.15) is 0 Å². The van der Waals surface area contributed by atoms with Crippen LogP contribution >= 0.6 is 15.9 Å². The maximum Gasteiger partial charge on any atom is 0.235 e. The van der Waals surface area contributed by atoms with Gasteiger partial charge in [0.15, 0.2) is 0 Å². The molecule has 4 heteroatoms. The smallest absolute Gasteiger partial charge is 0.235 e. The molecule has 1 aliphatic carbocycles. The Labute approximate surface area is 182 Å². The Bertz CT molecular complexity index is 1450. The summed E-state index contributed by atoms with van der Waals surface area (Å²) in [5, 5.41) is 2.30. The molecule has 1 aliphatic rings. The van der Waals surface area contributed by atoms with E-state index < -0.39 is 0 Å². The lowest BCUT2D eigenvalue weighted by atomic mass is 10.0. The molecule has 5 aromatic rings. The van der Waals surface area contributed by atoms with Crippen LogP contribution in [-0.2, 0) is 6.42 Å². The third-order valence-electron chi connectivity index (χ3n) is 5.74. The van der Waals surface area contributed by atoms with Crippen molar-refractivity contribution in [1.82, 2.24) is 14.5 Å². The molecule has 0 saturated heterocycles. The van der Waals surface area contributed by atoms with Gasteiger partial charge in [0.2, 0.25) is 5.95 Å². The van der Waals surface area contributed by atoms with Crippen LogP contribution in [0.1, 0.15) is 17.7 Å². The molecule has 0 aliphatic heterocycles. The van der Waals surface area contributed by atoms with Crippen molar-refractivity contribution >= 4 is 43.8 Å². The SMILES string of the molecule is Brc1ccc2c(c1)c1c(n2-c2nc(-c3ccccc3)c3ccccc3n2)CCC=C1. The van der Waals surface area contributed by atoms with E-state index in [1.165, 1.54) is 16.6 Å². The highest BCUT2D eigenvalue weighted by molar-refractivity contribution is 9.10. The standard InChI is InChI=1S/C26H18BrN3/c27-18-14-15-24-21(16-18)19-10-5-7-13-23(19)30(24)26-28-22-12-6-4-11-20(22)25(29-26)17-8-2-1-3-9-17/h1-6,8-12,14-16H,7,13H2. The Morgan fingerprint density at radius 1 is 0.833 bits per heavy atom. The van der Waals surface area contributed by atoms with Crippen LogP contribution in [0.25, 0.3) is 45.1 Å². The van der Waals surface area contributed by atoms with Gasteiger partial charge < -0.3 is 0 Å². The van der Waals surface area contributed by atoms with E-state index in [2.05, 4.69) is 87.2 Å². The molecule has 0 N–H and O–H groups in total. The number of para-hydroxylation sites is 1. The first-order chi connectivity index (χ1) is 14.8. The second kappa shape index (κ2) is 6.92. The molecule has 3 aromatic carbocycles. The van der Waals surface area contributed by atoms with E-state index in [0.29, 0.717) is 0 Å². The van der Waals surface area contributed by atoms with E-state index in [0.717, 1.165) is 50.9 Å². The summed E-state index contributed by atoms with van der Waals surface area (Å²) in [6, 6.07) is 25.1. The lowest BCUT2D eigenvalue weighted by Gasteiger charge is -2.14. The predicted octanol–water partition coefficient (Wildman–Crippen LogP) is 6.96. The molecular weight excluding hydrogens is 434 g/mol. The fourth-order valence-electron chi connectivity index (χ4n) is 4.40. The summed E-state index contributed by atoms with van der Waals surface area (Å²) in [4.78, 5) is 10.1. The van der Waals surface area contributed by atoms with E-state index in [1.807, 2.05) is 18.2 Å². The van der Waals surface area contributed by atoms with Gasteiger partial charge in [-0.15, -0.1) is 0 Å². The Morgan fingerprint density at radius 3 is 2.57 bits per heavy atom. The molecular formula is C26H18BrN3. The van der Waals surface area contributed by atoms with Crippen molar-refractivity contribution in [2.24, 2.45) is 0 Å². The first-order valence-electron chi connectivity index (χ1n) is 10.1. The summed E-state index contributed by atoms with van der Waals surface area (Å²) in [6.07, 6.45) is 6.51. The number of hydrogen-bond donors (Lipinski definition) is 0. The highest BCUT2D eigenvalue weighted by atomic mass is 79.9. The summed E-state index contributed by atoms with van der Waals surface area (Å²) >= 11 is 3.64. The minimum absolute atomic E-state index is 0.733. The lowest BCUT2D eigenvalue weighted by molar-refractivity contribution is 0.852. The minimum atomic E-state index is 0.733. The Balaban J connectivity index is 1.71. The quantitative estimate of drug-likeness (QED) is 0.290. The van der Waals surface area contributed by atoms with Crippen molar-refractivity contribution in [1.29, 1.82) is 0 Å². The monoisotopic (exact) mass is 451 g/mol. The number of benzene rings is 3. The van der Waals surface area contributed by atoms with Crippen molar-refractivity contribution < 1.29 is 0 Å². The molecule has 0 amide bonds. The number of nitrogens with zero attached hydrogens (tertiary/aromatic N) is 3. The Kier molecular flexibility index (Phi) is 4.06. The van der Waals surface area contributed by atoms with E-state index in [9.17, 15) is 0 Å². The second-order valence-corrected chi connectivity index (χ2v) is 8.47. The van der Waals surface area contributed by atoms with Crippen molar-refractivity contribution in [2.45, 2.75) is 12.8 Å². The first-order valence-corrected chi connectivity index (χ1v) is 10.9. The van der Waals surface area contributed by atoms with Crippen LogP contribution in [0.2, 0.25) is 0 Å². The maximum atomic E-state index is 5.11. The van der Waals surface area contributed by atoms with Crippen LogP contribution in [-0.4, -0.2) is 14.5 Å². The molecule has 30 heavy (non-hydrogen) atoms. The molecule has 144 valence electrons. The van der Waals surface area contributed by atoms with E-state index in [-0.39, 0.29) is 0 Å². The fraction of sp³-hybridized carbons (Fsp3) is 0.0769. The number of halogens is 1. The van der Waals surface area contributed by atoms with Crippen LogP contribution in [0, 0.1) is 0 Å². The van der Waals surface area contributed by atoms with Crippen LogP contribution in [0.5, 0.6) is 0 Å². The second-order valence-electron chi connectivity index (χ2n) is 7.55. The Hall–Kier alpha value is -3.24. The van der Waals surface area contributed by atoms with Gasteiger partial charge >= 0.3 is 0 Å². The predicted molar refractivity (Wildman–Crippen MR) is 127 cm³/mol. The molecule has 0 saturated carbocycles. The average molecular weight is 452 g/mol. The topological polar surface area (TPSA) is 30.7 Å². The molecule has 2 aromatic heterocycles. The summed E-state index contributed by atoms with van der Waals surface area (Å²) in [7, 11) is 0. The van der Waals surface area contributed by atoms with Gasteiger partial charge in [-0.3, -0.25) is 4.57 Å². The molecule has 2 heterocycles. The average Bonchev–Trinajstić information content (AvgIpc) is 3.12. The summed E-state index contributed by atoms with van der Waals surface area (Å²) in [6.45, 7) is 0. The molecule has 0 bridgehead atoms. The molecule has 6 rings (SSSR count). The fourth-order valence-corrected chi connectivity index (χ4v) is 4.76. The van der Waals surface area contributed by atoms with Gasteiger partial charge in [0.05, 0.1) is 16.7 Å². The van der Waals surface area contributed by atoms with Gasteiger partial charge in [-0.1, -0.05) is 76.6 Å². The summed E-state index contributed by atoms with van der Waals surface area (Å²) in [5.74, 6) is 0.733.